The van der Waals surface area contributed by atoms with Crippen LogP contribution < -0.4 is 5.32 Å². The molecule has 1 aliphatic heterocycles. The second-order valence-corrected chi connectivity index (χ2v) is 6.22. The molecule has 26 heavy (non-hydrogen) atoms. The molecule has 0 bridgehead atoms. The zero-order valence-electron chi connectivity index (χ0n) is 13.4. The predicted molar refractivity (Wildman–Crippen MR) is 93.4 cm³/mol. The molecule has 0 aliphatic carbocycles. The minimum atomic E-state index is -0.446. The fourth-order valence-electron chi connectivity index (χ4n) is 2.19. The number of amides is 3. The van der Waals surface area contributed by atoms with E-state index >= 15 is 0 Å². The van der Waals surface area contributed by atoms with Crippen molar-refractivity contribution in [1.82, 2.24) is 20.2 Å². The molecule has 1 aromatic heterocycles. The number of carbonyl (C=O) groups is 3. The van der Waals surface area contributed by atoms with Crippen LogP contribution in [0, 0.1) is 5.82 Å². The number of hydrogen-bond acceptors (Lipinski definition) is 6. The van der Waals surface area contributed by atoms with Crippen LogP contribution in [0.4, 0.5) is 9.18 Å². The minimum Gasteiger partial charge on any atom is -0.349 e. The molecule has 9 heteroatoms. The summed E-state index contributed by atoms with van der Waals surface area (Å²) < 4.78 is 12.9. The van der Waals surface area contributed by atoms with E-state index in [4.69, 9.17) is 0 Å². The standard InChI is InChI=1S/C17H13FN4O3S/c18-12-3-1-11(2-4-12)9-14-16(24)22(17(25)26-14)8-7-21-15(23)13-10-19-5-6-20-13/h1-6,9-10H,7-8H2,(H,21,23)/b14-9-. The van der Waals surface area contributed by atoms with E-state index in [1.54, 1.807) is 0 Å². The van der Waals surface area contributed by atoms with Crippen LogP contribution in [0.15, 0.2) is 47.8 Å². The lowest BCUT2D eigenvalue weighted by Crippen LogP contribution is -2.37. The van der Waals surface area contributed by atoms with E-state index in [0.29, 0.717) is 5.56 Å². The number of nitrogens with zero attached hydrogens (tertiary/aromatic N) is 3. The molecule has 0 unspecified atom stereocenters. The second kappa shape index (κ2) is 7.87. The highest BCUT2D eigenvalue weighted by molar-refractivity contribution is 8.18. The lowest BCUT2D eigenvalue weighted by molar-refractivity contribution is -0.122. The van der Waals surface area contributed by atoms with Crippen molar-refractivity contribution in [3.05, 3.63) is 64.8 Å². The van der Waals surface area contributed by atoms with Gasteiger partial charge in [0.2, 0.25) is 0 Å². The Morgan fingerprint density at radius 3 is 2.69 bits per heavy atom. The molecule has 132 valence electrons. The van der Waals surface area contributed by atoms with E-state index in [9.17, 15) is 18.8 Å². The molecule has 3 amide bonds. The van der Waals surface area contributed by atoms with Crippen molar-refractivity contribution in [2.45, 2.75) is 0 Å². The molecule has 0 spiro atoms. The number of imide groups is 1. The summed E-state index contributed by atoms with van der Waals surface area (Å²) in [5.41, 5.74) is 0.769. The van der Waals surface area contributed by atoms with Crippen LogP contribution in [0.25, 0.3) is 6.08 Å². The number of carbonyl (C=O) groups excluding carboxylic acids is 3. The van der Waals surface area contributed by atoms with Crippen LogP contribution in [0.2, 0.25) is 0 Å². The lowest BCUT2D eigenvalue weighted by atomic mass is 10.2. The number of nitrogens with one attached hydrogen (secondary N) is 1. The maximum atomic E-state index is 12.9. The molecule has 2 heterocycles. The molecule has 7 nitrogen and oxygen atoms in total. The second-order valence-electron chi connectivity index (χ2n) is 5.23. The van der Waals surface area contributed by atoms with Gasteiger partial charge in [-0.15, -0.1) is 0 Å². The van der Waals surface area contributed by atoms with Crippen molar-refractivity contribution < 1.29 is 18.8 Å². The van der Waals surface area contributed by atoms with Gasteiger partial charge in [0.1, 0.15) is 11.5 Å². The topological polar surface area (TPSA) is 92.3 Å². The Kier molecular flexibility index (Phi) is 5.37. The molecule has 0 radical (unpaired) electrons. The quantitative estimate of drug-likeness (QED) is 0.808. The van der Waals surface area contributed by atoms with Crippen LogP contribution in [0.5, 0.6) is 0 Å². The minimum absolute atomic E-state index is 0.0391. The van der Waals surface area contributed by atoms with E-state index in [1.807, 2.05) is 0 Å². The van der Waals surface area contributed by atoms with Crippen molar-refractivity contribution >= 4 is 34.9 Å². The highest BCUT2D eigenvalue weighted by Crippen LogP contribution is 2.31. The third kappa shape index (κ3) is 4.12. The van der Waals surface area contributed by atoms with Gasteiger partial charge in [-0.05, 0) is 35.5 Å². The number of hydrogen-bond donors (Lipinski definition) is 1. The van der Waals surface area contributed by atoms with E-state index in [0.717, 1.165) is 16.7 Å². The van der Waals surface area contributed by atoms with Gasteiger partial charge in [-0.25, -0.2) is 9.37 Å². The van der Waals surface area contributed by atoms with Gasteiger partial charge in [0.25, 0.3) is 17.1 Å². The highest BCUT2D eigenvalue weighted by atomic mass is 32.2. The zero-order chi connectivity index (χ0) is 18.5. The Hall–Kier alpha value is -3.07. The zero-order valence-corrected chi connectivity index (χ0v) is 14.2. The molecule has 1 aromatic carbocycles. The Morgan fingerprint density at radius 1 is 1.23 bits per heavy atom. The van der Waals surface area contributed by atoms with Crippen LogP contribution in [-0.4, -0.2) is 45.0 Å². The molecule has 1 aliphatic rings. The molecule has 1 fully saturated rings. The first kappa shape index (κ1) is 17.7. The van der Waals surface area contributed by atoms with Gasteiger partial charge in [0, 0.05) is 25.5 Å². The van der Waals surface area contributed by atoms with Crippen LogP contribution >= 0.6 is 11.8 Å². The molecular weight excluding hydrogens is 359 g/mol. The van der Waals surface area contributed by atoms with Gasteiger partial charge in [-0.1, -0.05) is 12.1 Å². The fraction of sp³-hybridized carbons (Fsp3) is 0.118. The SMILES string of the molecule is O=C(NCCN1C(=O)S/C(=C\c2ccc(F)cc2)C1=O)c1cnccn1. The van der Waals surface area contributed by atoms with Gasteiger partial charge < -0.3 is 5.32 Å². The Balaban J connectivity index is 1.59. The highest BCUT2D eigenvalue weighted by Gasteiger charge is 2.34. The first-order chi connectivity index (χ1) is 12.5. The summed E-state index contributed by atoms with van der Waals surface area (Å²) in [6.45, 7) is 0.134. The molecular formula is C17H13FN4O3S. The smallest absolute Gasteiger partial charge is 0.293 e. The molecule has 1 saturated heterocycles. The van der Waals surface area contributed by atoms with Crippen LogP contribution in [0.3, 0.4) is 0 Å². The molecule has 3 rings (SSSR count). The Labute approximate surface area is 152 Å². The third-order valence-electron chi connectivity index (χ3n) is 3.46. The largest absolute Gasteiger partial charge is 0.349 e. The van der Waals surface area contributed by atoms with Gasteiger partial charge in [0.15, 0.2) is 0 Å². The van der Waals surface area contributed by atoms with Gasteiger partial charge >= 0.3 is 0 Å². The van der Waals surface area contributed by atoms with Crippen molar-refractivity contribution in [1.29, 1.82) is 0 Å². The summed E-state index contributed by atoms with van der Waals surface area (Å²) in [5, 5.41) is 2.16. The number of aromatic nitrogens is 2. The summed E-state index contributed by atoms with van der Waals surface area (Å²) in [4.78, 5) is 45.2. The maximum absolute atomic E-state index is 12.9. The van der Waals surface area contributed by atoms with Crippen LogP contribution in [0.1, 0.15) is 16.1 Å². The fourth-order valence-corrected chi connectivity index (χ4v) is 3.06. The molecule has 1 N–H and O–H groups in total. The molecule has 0 saturated carbocycles. The van der Waals surface area contributed by atoms with Crippen LogP contribution in [-0.2, 0) is 4.79 Å². The summed E-state index contributed by atoms with van der Waals surface area (Å²) in [7, 11) is 0. The van der Waals surface area contributed by atoms with Gasteiger partial charge in [0.05, 0.1) is 11.1 Å². The van der Waals surface area contributed by atoms with E-state index < -0.39 is 17.1 Å². The Bertz CT molecular complexity index is 871. The average Bonchev–Trinajstić information content (AvgIpc) is 2.91. The van der Waals surface area contributed by atoms with E-state index in [2.05, 4.69) is 15.3 Å². The number of benzene rings is 1. The summed E-state index contributed by atoms with van der Waals surface area (Å²) in [5.74, 6) is -1.26. The number of rotatable bonds is 5. The van der Waals surface area contributed by atoms with E-state index in [1.165, 1.54) is 48.9 Å². The first-order valence-electron chi connectivity index (χ1n) is 7.60. The molecule has 2 aromatic rings. The van der Waals surface area contributed by atoms with Gasteiger partial charge in [-0.2, -0.15) is 0 Å². The van der Waals surface area contributed by atoms with Gasteiger partial charge in [-0.3, -0.25) is 24.3 Å². The van der Waals surface area contributed by atoms with Crippen molar-refractivity contribution in [2.75, 3.05) is 13.1 Å². The lowest BCUT2D eigenvalue weighted by Gasteiger charge is -2.12. The normalized spacial score (nSPS) is 15.6. The van der Waals surface area contributed by atoms with Crippen molar-refractivity contribution in [2.24, 2.45) is 0 Å². The average molecular weight is 372 g/mol. The third-order valence-corrected chi connectivity index (χ3v) is 4.37. The number of thioether (sulfide) groups is 1. The summed E-state index contributed by atoms with van der Waals surface area (Å²) in [6, 6.07) is 5.59. The summed E-state index contributed by atoms with van der Waals surface area (Å²) in [6.07, 6.45) is 5.69. The first-order valence-corrected chi connectivity index (χ1v) is 8.41. The number of halogens is 1. The van der Waals surface area contributed by atoms with Crippen molar-refractivity contribution in [3.63, 3.8) is 0 Å². The Morgan fingerprint density at radius 2 is 2.00 bits per heavy atom. The van der Waals surface area contributed by atoms with E-state index in [-0.39, 0.29) is 29.5 Å². The maximum Gasteiger partial charge on any atom is 0.293 e. The predicted octanol–water partition coefficient (Wildman–Crippen LogP) is 2.08. The molecule has 0 atom stereocenters. The summed E-state index contributed by atoms with van der Waals surface area (Å²) >= 11 is 0.806. The van der Waals surface area contributed by atoms with Crippen molar-refractivity contribution in [3.8, 4) is 0 Å². The monoisotopic (exact) mass is 372 g/mol.